The zero-order valence-electron chi connectivity index (χ0n) is 11.4. The van der Waals surface area contributed by atoms with Crippen LogP contribution < -0.4 is 10.0 Å². The molecule has 1 aromatic rings. The van der Waals surface area contributed by atoms with Crippen molar-refractivity contribution in [2.45, 2.75) is 55.6 Å². The van der Waals surface area contributed by atoms with E-state index < -0.39 is 15.8 Å². The van der Waals surface area contributed by atoms with Gasteiger partial charge in [0.15, 0.2) is 0 Å². The number of halogens is 1. The summed E-state index contributed by atoms with van der Waals surface area (Å²) in [5.41, 5.74) is 0.178. The van der Waals surface area contributed by atoms with E-state index in [1.165, 1.54) is 25.1 Å². The van der Waals surface area contributed by atoms with E-state index >= 15 is 0 Å². The van der Waals surface area contributed by atoms with Crippen molar-refractivity contribution in [1.82, 2.24) is 10.0 Å². The highest BCUT2D eigenvalue weighted by molar-refractivity contribution is 7.89. The fourth-order valence-corrected chi connectivity index (χ4v) is 4.83. The van der Waals surface area contributed by atoms with E-state index in [1.807, 2.05) is 0 Å². The highest BCUT2D eigenvalue weighted by Gasteiger charge is 2.35. The fourth-order valence-electron chi connectivity index (χ4n) is 3.32. The second kappa shape index (κ2) is 5.09. The van der Waals surface area contributed by atoms with Gasteiger partial charge in [-0.25, -0.2) is 17.5 Å². The minimum absolute atomic E-state index is 0.0448. The molecule has 2 atom stereocenters. The van der Waals surface area contributed by atoms with Gasteiger partial charge in [-0.1, -0.05) is 6.07 Å². The summed E-state index contributed by atoms with van der Waals surface area (Å²) in [6.45, 7) is 1.50. The second-order valence-corrected chi connectivity index (χ2v) is 7.47. The van der Waals surface area contributed by atoms with Crippen LogP contribution in [-0.2, 0) is 10.0 Å². The van der Waals surface area contributed by atoms with Crippen molar-refractivity contribution in [3.63, 3.8) is 0 Å². The lowest BCUT2D eigenvalue weighted by molar-refractivity contribution is 0.345. The Labute approximate surface area is 118 Å². The second-order valence-electron chi connectivity index (χ2n) is 5.79. The van der Waals surface area contributed by atoms with Gasteiger partial charge < -0.3 is 5.32 Å². The van der Waals surface area contributed by atoms with E-state index in [4.69, 9.17) is 0 Å². The van der Waals surface area contributed by atoms with Gasteiger partial charge in [-0.2, -0.15) is 0 Å². The number of rotatable bonds is 3. The summed E-state index contributed by atoms with van der Waals surface area (Å²) in [5, 5.41) is 3.47. The molecule has 2 N–H and O–H groups in total. The molecule has 2 aliphatic heterocycles. The van der Waals surface area contributed by atoms with E-state index in [-0.39, 0.29) is 16.5 Å². The number of nitrogens with one attached hydrogen (secondary N) is 2. The number of piperidine rings is 1. The molecule has 4 nitrogen and oxygen atoms in total. The van der Waals surface area contributed by atoms with Crippen molar-refractivity contribution in [1.29, 1.82) is 0 Å². The number of benzene rings is 1. The third-order valence-corrected chi connectivity index (χ3v) is 5.97. The largest absolute Gasteiger partial charge is 0.311 e. The number of sulfonamides is 1. The molecule has 2 fully saturated rings. The van der Waals surface area contributed by atoms with E-state index in [9.17, 15) is 12.8 Å². The maximum Gasteiger partial charge on any atom is 0.241 e. The fraction of sp³-hybridized carbons (Fsp3) is 0.571. The highest BCUT2D eigenvalue weighted by atomic mass is 32.2. The Balaban J connectivity index is 1.80. The van der Waals surface area contributed by atoms with Gasteiger partial charge in [0.1, 0.15) is 5.82 Å². The van der Waals surface area contributed by atoms with Crippen LogP contribution in [0.3, 0.4) is 0 Å². The Hall–Kier alpha value is -0.980. The lowest BCUT2D eigenvalue weighted by Crippen LogP contribution is -2.48. The Kier molecular flexibility index (Phi) is 3.56. The lowest BCUT2D eigenvalue weighted by atomic mass is 10.0. The van der Waals surface area contributed by atoms with Gasteiger partial charge in [0.25, 0.3) is 0 Å². The summed E-state index contributed by atoms with van der Waals surface area (Å²) in [6.07, 6.45) is 3.85. The quantitative estimate of drug-likeness (QED) is 0.893. The maximum absolute atomic E-state index is 13.5. The smallest absolute Gasteiger partial charge is 0.241 e. The molecule has 3 rings (SSSR count). The number of hydrogen-bond donors (Lipinski definition) is 2. The maximum atomic E-state index is 13.5. The first-order valence-corrected chi connectivity index (χ1v) is 8.47. The first-order chi connectivity index (χ1) is 9.45. The summed E-state index contributed by atoms with van der Waals surface area (Å²) < 4.78 is 41.1. The molecule has 0 aliphatic carbocycles. The SMILES string of the molecule is Cc1c(F)cccc1S(=O)(=O)NC1CC2CCC(C1)N2. The highest BCUT2D eigenvalue weighted by Crippen LogP contribution is 2.28. The molecule has 2 aliphatic rings. The van der Waals surface area contributed by atoms with E-state index in [2.05, 4.69) is 10.0 Å². The molecular weight excluding hydrogens is 279 g/mol. The molecule has 110 valence electrons. The predicted molar refractivity (Wildman–Crippen MR) is 74.4 cm³/mol. The van der Waals surface area contributed by atoms with Crippen LogP contribution in [0.25, 0.3) is 0 Å². The van der Waals surface area contributed by atoms with Gasteiger partial charge in [-0.15, -0.1) is 0 Å². The molecule has 0 saturated carbocycles. The van der Waals surface area contributed by atoms with Crippen molar-refractivity contribution in [2.24, 2.45) is 0 Å². The molecule has 6 heteroatoms. The van der Waals surface area contributed by atoms with E-state index in [0.717, 1.165) is 25.7 Å². The van der Waals surface area contributed by atoms with Crippen LogP contribution in [0.4, 0.5) is 4.39 Å². The standard InChI is InChI=1S/C14H19FN2O2S/c1-9-13(15)3-2-4-14(9)20(18,19)17-12-7-10-5-6-11(8-12)16-10/h2-4,10-12,16-17H,5-8H2,1H3. The van der Waals surface area contributed by atoms with Gasteiger partial charge in [0, 0.05) is 23.7 Å². The van der Waals surface area contributed by atoms with Gasteiger partial charge in [-0.3, -0.25) is 0 Å². The van der Waals surface area contributed by atoms with Gasteiger partial charge in [0.05, 0.1) is 4.90 Å². The van der Waals surface area contributed by atoms with Crippen molar-refractivity contribution in [3.05, 3.63) is 29.6 Å². The van der Waals surface area contributed by atoms with Crippen LogP contribution in [0.1, 0.15) is 31.2 Å². The van der Waals surface area contributed by atoms with Gasteiger partial charge >= 0.3 is 0 Å². The molecule has 20 heavy (non-hydrogen) atoms. The van der Waals surface area contributed by atoms with Crippen LogP contribution >= 0.6 is 0 Å². The summed E-state index contributed by atoms with van der Waals surface area (Å²) >= 11 is 0. The Morgan fingerprint density at radius 2 is 1.90 bits per heavy atom. The molecule has 2 unspecified atom stereocenters. The molecular formula is C14H19FN2O2S. The van der Waals surface area contributed by atoms with Gasteiger partial charge in [0.2, 0.25) is 10.0 Å². The topological polar surface area (TPSA) is 58.2 Å². The average Bonchev–Trinajstić information content (AvgIpc) is 2.71. The zero-order chi connectivity index (χ0) is 14.3. The molecule has 2 bridgehead atoms. The van der Waals surface area contributed by atoms with Crippen LogP contribution in [0.2, 0.25) is 0 Å². The summed E-state index contributed by atoms with van der Waals surface area (Å²) in [6, 6.07) is 4.94. The molecule has 0 radical (unpaired) electrons. The Morgan fingerprint density at radius 3 is 2.55 bits per heavy atom. The Morgan fingerprint density at radius 1 is 1.25 bits per heavy atom. The van der Waals surface area contributed by atoms with Crippen LogP contribution in [0, 0.1) is 12.7 Å². The molecule has 2 heterocycles. The summed E-state index contributed by atoms with van der Waals surface area (Å²) in [7, 11) is -3.65. The Bertz CT molecular complexity index is 606. The monoisotopic (exact) mass is 298 g/mol. The number of hydrogen-bond acceptors (Lipinski definition) is 3. The minimum Gasteiger partial charge on any atom is -0.311 e. The zero-order valence-corrected chi connectivity index (χ0v) is 12.2. The summed E-state index contributed by atoms with van der Waals surface area (Å²) in [4.78, 5) is 0.0448. The third kappa shape index (κ3) is 2.60. The first-order valence-electron chi connectivity index (χ1n) is 6.99. The molecule has 0 aromatic heterocycles. The summed E-state index contributed by atoms with van der Waals surface area (Å²) in [5.74, 6) is -0.488. The van der Waals surface area contributed by atoms with E-state index in [1.54, 1.807) is 0 Å². The number of fused-ring (bicyclic) bond motifs is 2. The predicted octanol–water partition coefficient (Wildman–Crippen LogP) is 1.70. The average molecular weight is 298 g/mol. The first kappa shape index (κ1) is 14.0. The minimum atomic E-state index is -3.65. The van der Waals surface area contributed by atoms with Crippen molar-refractivity contribution in [2.75, 3.05) is 0 Å². The van der Waals surface area contributed by atoms with Crippen LogP contribution in [0.15, 0.2) is 23.1 Å². The molecule has 2 saturated heterocycles. The normalized spacial score (nSPS) is 29.6. The van der Waals surface area contributed by atoms with E-state index in [0.29, 0.717) is 12.1 Å². The van der Waals surface area contributed by atoms with Gasteiger partial charge in [-0.05, 0) is 44.7 Å². The third-order valence-electron chi connectivity index (χ3n) is 4.30. The van der Waals surface area contributed by atoms with Crippen LogP contribution in [-0.4, -0.2) is 26.5 Å². The van der Waals surface area contributed by atoms with Crippen molar-refractivity contribution >= 4 is 10.0 Å². The molecule has 1 aromatic carbocycles. The van der Waals surface area contributed by atoms with Crippen molar-refractivity contribution in [3.8, 4) is 0 Å². The lowest BCUT2D eigenvalue weighted by Gasteiger charge is -2.29. The van der Waals surface area contributed by atoms with Crippen LogP contribution in [0.5, 0.6) is 0 Å². The molecule has 0 spiro atoms. The molecule has 0 amide bonds. The van der Waals surface area contributed by atoms with Crippen molar-refractivity contribution < 1.29 is 12.8 Å².